The molecule has 0 aliphatic rings. The zero-order valence-corrected chi connectivity index (χ0v) is 8.09. The molecule has 0 aliphatic carbocycles. The van der Waals surface area contributed by atoms with Crippen molar-refractivity contribution < 1.29 is 9.47 Å². The third-order valence-corrected chi connectivity index (χ3v) is 1.50. The average Bonchev–Trinajstić information content (AvgIpc) is 1.87. The van der Waals surface area contributed by atoms with Crippen LogP contribution < -0.4 is 0 Å². The van der Waals surface area contributed by atoms with Gasteiger partial charge in [-0.15, -0.1) is 0 Å². The van der Waals surface area contributed by atoms with Gasteiger partial charge in [-0.3, -0.25) is 0 Å². The van der Waals surface area contributed by atoms with Crippen LogP contribution in [0.3, 0.4) is 0 Å². The second kappa shape index (κ2) is 6.62. The van der Waals surface area contributed by atoms with Gasteiger partial charge in [-0.2, -0.15) is 0 Å². The van der Waals surface area contributed by atoms with E-state index in [9.17, 15) is 0 Å². The molecule has 2 heteroatoms. The Morgan fingerprint density at radius 1 is 1.18 bits per heavy atom. The van der Waals surface area contributed by atoms with E-state index in [1.54, 1.807) is 7.11 Å². The average molecular weight is 160 g/mol. The first-order valence-corrected chi connectivity index (χ1v) is 4.27. The van der Waals surface area contributed by atoms with Crippen molar-refractivity contribution in [2.45, 2.75) is 33.3 Å². The Balaban J connectivity index is 3.10. The summed E-state index contributed by atoms with van der Waals surface area (Å²) in [6.45, 7) is 7.97. The van der Waals surface area contributed by atoms with Crippen molar-refractivity contribution in [1.82, 2.24) is 0 Å². The molecule has 0 amide bonds. The maximum atomic E-state index is 5.47. The topological polar surface area (TPSA) is 18.5 Å². The molecule has 0 heterocycles. The molecule has 2 nitrogen and oxygen atoms in total. The summed E-state index contributed by atoms with van der Waals surface area (Å²) >= 11 is 0. The van der Waals surface area contributed by atoms with Gasteiger partial charge in [0.2, 0.25) is 0 Å². The lowest BCUT2D eigenvalue weighted by Crippen LogP contribution is -2.16. The lowest BCUT2D eigenvalue weighted by Gasteiger charge is -2.12. The molecule has 0 bridgehead atoms. The molecule has 0 radical (unpaired) electrons. The van der Waals surface area contributed by atoms with Crippen molar-refractivity contribution in [2.24, 2.45) is 5.92 Å². The van der Waals surface area contributed by atoms with E-state index >= 15 is 0 Å². The van der Waals surface area contributed by atoms with Crippen LogP contribution in [0.15, 0.2) is 0 Å². The zero-order chi connectivity index (χ0) is 8.69. The fourth-order valence-electron chi connectivity index (χ4n) is 0.788. The van der Waals surface area contributed by atoms with Crippen LogP contribution in [0.4, 0.5) is 0 Å². The van der Waals surface area contributed by atoms with Crippen LogP contribution in [0.5, 0.6) is 0 Å². The van der Waals surface area contributed by atoms with Crippen LogP contribution in [0.1, 0.15) is 27.2 Å². The highest BCUT2D eigenvalue weighted by atomic mass is 16.5. The van der Waals surface area contributed by atoms with E-state index < -0.39 is 0 Å². The summed E-state index contributed by atoms with van der Waals surface area (Å²) in [5, 5.41) is 0. The summed E-state index contributed by atoms with van der Waals surface area (Å²) < 4.78 is 10.4. The van der Waals surface area contributed by atoms with Crippen molar-refractivity contribution in [3.05, 3.63) is 0 Å². The Bertz CT molecular complexity index is 81.6. The molecule has 0 aromatic heterocycles. The molecule has 1 unspecified atom stereocenters. The van der Waals surface area contributed by atoms with Gasteiger partial charge in [0.1, 0.15) is 0 Å². The summed E-state index contributed by atoms with van der Waals surface area (Å²) in [5.41, 5.74) is 0. The highest BCUT2D eigenvalue weighted by Gasteiger charge is 2.00. The molecule has 1 atom stereocenters. The van der Waals surface area contributed by atoms with Crippen molar-refractivity contribution in [2.75, 3.05) is 20.3 Å². The molecule has 0 saturated carbocycles. The predicted molar refractivity (Wildman–Crippen MR) is 46.7 cm³/mol. The number of hydrogen-bond donors (Lipinski definition) is 0. The maximum absolute atomic E-state index is 5.47. The molecule has 11 heavy (non-hydrogen) atoms. The van der Waals surface area contributed by atoms with E-state index in [4.69, 9.17) is 9.47 Å². The normalized spacial score (nSPS) is 13.9. The minimum Gasteiger partial charge on any atom is -0.382 e. The van der Waals surface area contributed by atoms with E-state index in [0.717, 1.165) is 18.9 Å². The largest absolute Gasteiger partial charge is 0.382 e. The number of ether oxygens (including phenoxy) is 2. The molecule has 0 fully saturated rings. The van der Waals surface area contributed by atoms with Crippen LogP contribution in [0.25, 0.3) is 0 Å². The minimum atomic E-state index is 0.235. The third kappa shape index (κ3) is 7.82. The highest BCUT2D eigenvalue weighted by molar-refractivity contribution is 4.48. The first kappa shape index (κ1) is 10.9. The Labute approximate surface area is 69.9 Å². The summed E-state index contributed by atoms with van der Waals surface area (Å²) in [5.74, 6) is 0.727. The fraction of sp³-hybridized carbons (Fsp3) is 1.00. The molecule has 0 aliphatic heterocycles. The van der Waals surface area contributed by atoms with Crippen molar-refractivity contribution in [3.63, 3.8) is 0 Å². The Kier molecular flexibility index (Phi) is 6.57. The third-order valence-electron chi connectivity index (χ3n) is 1.50. The van der Waals surface area contributed by atoms with Crippen molar-refractivity contribution >= 4 is 0 Å². The smallest absolute Gasteiger partial charge is 0.0780 e. The molecule has 68 valence electrons. The van der Waals surface area contributed by atoms with Gasteiger partial charge in [0.15, 0.2) is 0 Å². The predicted octanol–water partition coefficient (Wildman–Crippen LogP) is 2.08. The molecule has 0 spiro atoms. The Morgan fingerprint density at radius 3 is 2.27 bits per heavy atom. The van der Waals surface area contributed by atoms with Crippen LogP contribution >= 0.6 is 0 Å². The van der Waals surface area contributed by atoms with Crippen molar-refractivity contribution in [1.29, 1.82) is 0 Å². The van der Waals surface area contributed by atoms with E-state index in [-0.39, 0.29) is 6.10 Å². The lowest BCUT2D eigenvalue weighted by atomic mass is 10.1. The Hall–Kier alpha value is -0.0800. The molecule has 0 aromatic rings. The summed E-state index contributed by atoms with van der Waals surface area (Å²) in [6.07, 6.45) is 1.37. The van der Waals surface area contributed by atoms with E-state index in [1.807, 2.05) is 6.92 Å². The second-order valence-corrected chi connectivity index (χ2v) is 3.32. The second-order valence-electron chi connectivity index (χ2n) is 3.32. The van der Waals surface area contributed by atoms with Gasteiger partial charge >= 0.3 is 0 Å². The van der Waals surface area contributed by atoms with Gasteiger partial charge in [-0.05, 0) is 19.3 Å². The van der Waals surface area contributed by atoms with Crippen LogP contribution in [-0.4, -0.2) is 26.4 Å². The molecular formula is C9H20O2. The first-order chi connectivity index (χ1) is 5.16. The summed E-state index contributed by atoms with van der Waals surface area (Å²) in [7, 11) is 1.70. The monoisotopic (exact) mass is 160 g/mol. The standard InChI is InChI=1S/C9H20O2/c1-8(2)5-6-11-9(3)7-10-4/h8-9H,5-7H2,1-4H3. The van der Waals surface area contributed by atoms with Gasteiger partial charge < -0.3 is 9.47 Å². The summed E-state index contributed by atoms with van der Waals surface area (Å²) in [4.78, 5) is 0. The van der Waals surface area contributed by atoms with Crippen LogP contribution in [-0.2, 0) is 9.47 Å². The molecule has 0 saturated heterocycles. The van der Waals surface area contributed by atoms with E-state index in [0.29, 0.717) is 6.61 Å². The van der Waals surface area contributed by atoms with Crippen LogP contribution in [0, 0.1) is 5.92 Å². The molecule has 0 aromatic carbocycles. The van der Waals surface area contributed by atoms with Crippen LogP contribution in [0.2, 0.25) is 0 Å². The number of hydrogen-bond acceptors (Lipinski definition) is 2. The molecule has 0 rings (SSSR count). The fourth-order valence-corrected chi connectivity index (χ4v) is 0.788. The highest BCUT2D eigenvalue weighted by Crippen LogP contribution is 2.01. The van der Waals surface area contributed by atoms with Gasteiger partial charge in [-0.25, -0.2) is 0 Å². The van der Waals surface area contributed by atoms with Gasteiger partial charge in [0.05, 0.1) is 12.7 Å². The Morgan fingerprint density at radius 2 is 1.82 bits per heavy atom. The lowest BCUT2D eigenvalue weighted by molar-refractivity contribution is 0.00516. The zero-order valence-electron chi connectivity index (χ0n) is 8.09. The maximum Gasteiger partial charge on any atom is 0.0780 e. The van der Waals surface area contributed by atoms with E-state index in [2.05, 4.69) is 13.8 Å². The summed E-state index contributed by atoms with van der Waals surface area (Å²) in [6, 6.07) is 0. The molecular weight excluding hydrogens is 140 g/mol. The molecule has 0 N–H and O–H groups in total. The first-order valence-electron chi connectivity index (χ1n) is 4.27. The van der Waals surface area contributed by atoms with E-state index in [1.165, 1.54) is 0 Å². The minimum absolute atomic E-state index is 0.235. The number of rotatable bonds is 6. The van der Waals surface area contributed by atoms with Gasteiger partial charge in [0, 0.05) is 13.7 Å². The van der Waals surface area contributed by atoms with Gasteiger partial charge in [0.25, 0.3) is 0 Å². The quantitative estimate of drug-likeness (QED) is 0.592. The van der Waals surface area contributed by atoms with Crippen molar-refractivity contribution in [3.8, 4) is 0 Å². The van der Waals surface area contributed by atoms with Gasteiger partial charge in [-0.1, -0.05) is 13.8 Å². The SMILES string of the molecule is COCC(C)OCCC(C)C. The number of methoxy groups -OCH3 is 1.